The molecule has 1 fully saturated rings. The Morgan fingerprint density at radius 3 is 2.32 bits per heavy atom. The SMILES string of the molecule is NC(=O)[C@H]1CCCC[C@H]1C(=O)NCC(=O)Nc1ccccc1. The number of benzene rings is 1. The van der Waals surface area contributed by atoms with Gasteiger partial charge in [-0.3, -0.25) is 14.4 Å². The van der Waals surface area contributed by atoms with Crippen LogP contribution in [0.1, 0.15) is 25.7 Å². The maximum Gasteiger partial charge on any atom is 0.243 e. The first-order chi connectivity index (χ1) is 10.6. The van der Waals surface area contributed by atoms with E-state index >= 15 is 0 Å². The summed E-state index contributed by atoms with van der Waals surface area (Å²) in [5, 5.41) is 5.29. The third-order valence-electron chi connectivity index (χ3n) is 3.95. The predicted molar refractivity (Wildman–Crippen MR) is 82.7 cm³/mol. The van der Waals surface area contributed by atoms with Gasteiger partial charge in [0.05, 0.1) is 6.54 Å². The van der Waals surface area contributed by atoms with Gasteiger partial charge in [-0.2, -0.15) is 0 Å². The van der Waals surface area contributed by atoms with E-state index in [9.17, 15) is 14.4 Å². The van der Waals surface area contributed by atoms with Crippen LogP contribution in [-0.2, 0) is 14.4 Å². The number of para-hydroxylation sites is 1. The van der Waals surface area contributed by atoms with Gasteiger partial charge in [0.15, 0.2) is 0 Å². The summed E-state index contributed by atoms with van der Waals surface area (Å²) in [4.78, 5) is 35.4. The average Bonchev–Trinajstić information content (AvgIpc) is 2.53. The molecular formula is C16H21N3O3. The van der Waals surface area contributed by atoms with Gasteiger partial charge >= 0.3 is 0 Å². The molecule has 0 unspecified atom stereocenters. The maximum atomic E-state index is 12.2. The molecule has 0 heterocycles. The van der Waals surface area contributed by atoms with Crippen LogP contribution in [0.5, 0.6) is 0 Å². The lowest BCUT2D eigenvalue weighted by molar-refractivity contribution is -0.135. The first-order valence-electron chi connectivity index (χ1n) is 7.50. The number of hydrogen-bond donors (Lipinski definition) is 3. The number of hydrogen-bond acceptors (Lipinski definition) is 3. The van der Waals surface area contributed by atoms with Crippen LogP contribution < -0.4 is 16.4 Å². The van der Waals surface area contributed by atoms with E-state index in [2.05, 4.69) is 10.6 Å². The summed E-state index contributed by atoms with van der Waals surface area (Å²) in [5.41, 5.74) is 6.03. The summed E-state index contributed by atoms with van der Waals surface area (Å²) >= 11 is 0. The molecule has 3 amide bonds. The van der Waals surface area contributed by atoms with E-state index in [1.54, 1.807) is 12.1 Å². The van der Waals surface area contributed by atoms with Gasteiger partial charge in [-0.05, 0) is 25.0 Å². The van der Waals surface area contributed by atoms with Gasteiger partial charge in [-0.15, -0.1) is 0 Å². The van der Waals surface area contributed by atoms with E-state index < -0.39 is 17.7 Å². The molecule has 118 valence electrons. The number of carbonyl (C=O) groups is 3. The van der Waals surface area contributed by atoms with Crippen molar-refractivity contribution in [3.05, 3.63) is 30.3 Å². The fourth-order valence-corrected chi connectivity index (χ4v) is 2.81. The molecule has 22 heavy (non-hydrogen) atoms. The van der Waals surface area contributed by atoms with E-state index in [0.29, 0.717) is 18.5 Å². The fourth-order valence-electron chi connectivity index (χ4n) is 2.81. The lowest BCUT2D eigenvalue weighted by atomic mass is 9.78. The molecule has 6 heteroatoms. The fraction of sp³-hybridized carbons (Fsp3) is 0.438. The van der Waals surface area contributed by atoms with Gasteiger partial charge in [-0.1, -0.05) is 31.0 Å². The van der Waals surface area contributed by atoms with Crippen LogP contribution in [0, 0.1) is 11.8 Å². The standard InChI is InChI=1S/C16H21N3O3/c17-15(21)12-8-4-5-9-13(12)16(22)18-10-14(20)19-11-6-2-1-3-7-11/h1-3,6-7,12-13H,4-5,8-10H2,(H2,17,21)(H,18,22)(H,19,20)/t12-,13+/m0/s1. The molecular weight excluding hydrogens is 282 g/mol. The Hall–Kier alpha value is -2.37. The molecule has 2 rings (SSSR count). The highest BCUT2D eigenvalue weighted by atomic mass is 16.2. The summed E-state index contributed by atoms with van der Waals surface area (Å²) < 4.78 is 0. The lowest BCUT2D eigenvalue weighted by Crippen LogP contribution is -2.44. The van der Waals surface area contributed by atoms with E-state index in [4.69, 9.17) is 5.73 Å². The Morgan fingerprint density at radius 1 is 1.05 bits per heavy atom. The van der Waals surface area contributed by atoms with E-state index in [-0.39, 0.29) is 18.4 Å². The van der Waals surface area contributed by atoms with E-state index in [1.165, 1.54) is 0 Å². The average molecular weight is 303 g/mol. The normalized spacial score (nSPS) is 20.9. The van der Waals surface area contributed by atoms with Crippen molar-refractivity contribution in [3.63, 3.8) is 0 Å². The van der Waals surface area contributed by atoms with Crippen molar-refractivity contribution in [2.45, 2.75) is 25.7 Å². The van der Waals surface area contributed by atoms with E-state index in [1.807, 2.05) is 18.2 Å². The second kappa shape index (κ2) is 7.59. The number of primary amides is 1. The van der Waals surface area contributed by atoms with Gasteiger partial charge in [0.1, 0.15) is 0 Å². The largest absolute Gasteiger partial charge is 0.369 e. The first-order valence-corrected chi connectivity index (χ1v) is 7.50. The van der Waals surface area contributed by atoms with Gasteiger partial charge in [0.25, 0.3) is 0 Å². The van der Waals surface area contributed by atoms with Gasteiger partial charge < -0.3 is 16.4 Å². The molecule has 0 saturated heterocycles. The Bertz CT molecular complexity index is 545. The number of rotatable bonds is 5. The third-order valence-corrected chi connectivity index (χ3v) is 3.95. The zero-order chi connectivity index (χ0) is 15.9. The minimum atomic E-state index is -0.436. The van der Waals surface area contributed by atoms with Crippen molar-refractivity contribution in [2.75, 3.05) is 11.9 Å². The van der Waals surface area contributed by atoms with Crippen molar-refractivity contribution < 1.29 is 14.4 Å². The highest BCUT2D eigenvalue weighted by Crippen LogP contribution is 2.29. The Kier molecular flexibility index (Phi) is 5.52. The monoisotopic (exact) mass is 303 g/mol. The van der Waals surface area contributed by atoms with Crippen LogP contribution in [0.25, 0.3) is 0 Å². The van der Waals surface area contributed by atoms with Crippen LogP contribution >= 0.6 is 0 Å². The number of carbonyl (C=O) groups excluding carboxylic acids is 3. The summed E-state index contributed by atoms with van der Waals surface area (Å²) in [6, 6.07) is 9.01. The number of anilines is 1. The summed E-state index contributed by atoms with van der Waals surface area (Å²) in [5.74, 6) is -1.85. The van der Waals surface area contributed by atoms with Crippen molar-refractivity contribution in [2.24, 2.45) is 17.6 Å². The Labute approximate surface area is 129 Å². The van der Waals surface area contributed by atoms with Gasteiger partial charge in [0, 0.05) is 17.5 Å². The molecule has 1 aromatic rings. The molecule has 1 saturated carbocycles. The molecule has 1 aliphatic rings. The quantitative estimate of drug-likeness (QED) is 0.757. The zero-order valence-electron chi connectivity index (χ0n) is 12.4. The van der Waals surface area contributed by atoms with E-state index in [0.717, 1.165) is 12.8 Å². The number of nitrogens with two attached hydrogens (primary N) is 1. The second-order valence-corrected chi connectivity index (χ2v) is 5.53. The zero-order valence-corrected chi connectivity index (χ0v) is 12.4. The molecule has 1 aromatic carbocycles. The van der Waals surface area contributed by atoms with Gasteiger partial charge in [-0.25, -0.2) is 0 Å². The molecule has 0 aromatic heterocycles. The molecule has 0 bridgehead atoms. The molecule has 4 N–H and O–H groups in total. The molecule has 0 spiro atoms. The van der Waals surface area contributed by atoms with Crippen molar-refractivity contribution in [1.82, 2.24) is 5.32 Å². The summed E-state index contributed by atoms with van der Waals surface area (Å²) in [6.07, 6.45) is 3.09. The predicted octanol–water partition coefficient (Wildman–Crippen LogP) is 1.03. The van der Waals surface area contributed by atoms with Crippen molar-refractivity contribution in [1.29, 1.82) is 0 Å². The van der Waals surface area contributed by atoms with Crippen LogP contribution in [0.3, 0.4) is 0 Å². The van der Waals surface area contributed by atoms with Crippen LogP contribution in [0.4, 0.5) is 5.69 Å². The second-order valence-electron chi connectivity index (χ2n) is 5.53. The van der Waals surface area contributed by atoms with Crippen molar-refractivity contribution >= 4 is 23.4 Å². The molecule has 0 aliphatic heterocycles. The Balaban J connectivity index is 1.83. The smallest absolute Gasteiger partial charge is 0.243 e. The number of amides is 3. The highest BCUT2D eigenvalue weighted by Gasteiger charge is 2.34. The lowest BCUT2D eigenvalue weighted by Gasteiger charge is -2.28. The summed E-state index contributed by atoms with van der Waals surface area (Å²) in [6.45, 7) is -0.115. The molecule has 1 aliphatic carbocycles. The van der Waals surface area contributed by atoms with Crippen LogP contribution in [0.2, 0.25) is 0 Å². The number of nitrogens with one attached hydrogen (secondary N) is 2. The third kappa shape index (κ3) is 4.31. The first kappa shape index (κ1) is 16.0. The minimum absolute atomic E-state index is 0.115. The topological polar surface area (TPSA) is 101 Å². The Morgan fingerprint density at radius 2 is 1.68 bits per heavy atom. The molecule has 0 radical (unpaired) electrons. The molecule has 6 nitrogen and oxygen atoms in total. The molecule has 2 atom stereocenters. The van der Waals surface area contributed by atoms with Gasteiger partial charge in [0.2, 0.25) is 17.7 Å². The van der Waals surface area contributed by atoms with Crippen LogP contribution in [-0.4, -0.2) is 24.3 Å². The highest BCUT2D eigenvalue weighted by molar-refractivity contribution is 5.95. The van der Waals surface area contributed by atoms with Crippen molar-refractivity contribution in [3.8, 4) is 0 Å². The minimum Gasteiger partial charge on any atom is -0.369 e. The maximum absolute atomic E-state index is 12.2. The summed E-state index contributed by atoms with van der Waals surface area (Å²) in [7, 11) is 0. The van der Waals surface area contributed by atoms with Crippen LogP contribution in [0.15, 0.2) is 30.3 Å².